The van der Waals surface area contributed by atoms with Crippen molar-refractivity contribution in [2.75, 3.05) is 52.5 Å². The summed E-state index contributed by atoms with van der Waals surface area (Å²) in [6, 6.07) is 16.7. The zero-order chi connectivity index (χ0) is 22.8. The molecule has 2 saturated heterocycles. The molecule has 5 rings (SSSR count). The molecule has 0 spiro atoms. The lowest BCUT2D eigenvalue weighted by atomic mass is 10.2. The third kappa shape index (κ3) is 4.71. The molecular formula is C25H30ClN5O2. The van der Waals surface area contributed by atoms with Crippen molar-refractivity contribution >= 4 is 28.7 Å². The summed E-state index contributed by atoms with van der Waals surface area (Å²) in [6.07, 6.45) is 0. The molecule has 2 fully saturated rings. The molecule has 2 aromatic carbocycles. The highest BCUT2D eigenvalue weighted by Crippen LogP contribution is 2.28. The van der Waals surface area contributed by atoms with Crippen molar-refractivity contribution < 1.29 is 9.53 Å². The third-order valence-electron chi connectivity index (χ3n) is 6.71. The van der Waals surface area contributed by atoms with Gasteiger partial charge in [-0.15, -0.1) is 0 Å². The summed E-state index contributed by atoms with van der Waals surface area (Å²) in [7, 11) is 0. The minimum absolute atomic E-state index is 0.125. The fourth-order valence-corrected chi connectivity index (χ4v) is 4.96. The lowest BCUT2D eigenvalue weighted by Gasteiger charge is -2.40. The zero-order valence-electron chi connectivity index (χ0n) is 19.0. The molecule has 1 unspecified atom stereocenters. The number of benzene rings is 2. The predicted molar refractivity (Wildman–Crippen MR) is 130 cm³/mol. The standard InChI is InChI=1S/C25H30ClN5O2/c1-19(28-9-11-29(12-10-28)25(32)30-13-15-33-16-14-30)24-27-22-17-21(26)7-8-23(22)31(24)18-20-5-3-2-4-6-20/h2-8,17,19H,9-16,18H2,1H3. The first-order valence-electron chi connectivity index (χ1n) is 11.7. The molecule has 0 aliphatic carbocycles. The van der Waals surface area contributed by atoms with Gasteiger partial charge >= 0.3 is 6.03 Å². The van der Waals surface area contributed by atoms with Crippen LogP contribution in [0.3, 0.4) is 0 Å². The summed E-state index contributed by atoms with van der Waals surface area (Å²) in [4.78, 5) is 24.2. The van der Waals surface area contributed by atoms with Gasteiger partial charge in [0.1, 0.15) is 5.82 Å². The van der Waals surface area contributed by atoms with Crippen molar-refractivity contribution in [2.24, 2.45) is 0 Å². The van der Waals surface area contributed by atoms with Crippen LogP contribution in [0.15, 0.2) is 48.5 Å². The van der Waals surface area contributed by atoms with E-state index in [1.54, 1.807) is 0 Å². The minimum Gasteiger partial charge on any atom is -0.378 e. The lowest BCUT2D eigenvalue weighted by molar-refractivity contribution is 0.0348. The number of aromatic nitrogens is 2. The number of hydrogen-bond acceptors (Lipinski definition) is 4. The first kappa shape index (κ1) is 22.2. The lowest BCUT2D eigenvalue weighted by Crippen LogP contribution is -2.55. The summed E-state index contributed by atoms with van der Waals surface area (Å²) in [5.74, 6) is 1.03. The van der Waals surface area contributed by atoms with E-state index in [-0.39, 0.29) is 12.1 Å². The molecule has 0 bridgehead atoms. The number of carbonyl (C=O) groups is 1. The Balaban J connectivity index is 1.34. The van der Waals surface area contributed by atoms with Crippen LogP contribution in [-0.4, -0.2) is 82.8 Å². The number of amides is 2. The highest BCUT2D eigenvalue weighted by Gasteiger charge is 2.30. The first-order chi connectivity index (χ1) is 16.1. The van der Waals surface area contributed by atoms with Crippen LogP contribution in [0, 0.1) is 0 Å². The molecule has 2 amide bonds. The number of ether oxygens (including phenoxy) is 1. The quantitative estimate of drug-likeness (QED) is 0.584. The van der Waals surface area contributed by atoms with Crippen molar-refractivity contribution in [3.05, 3.63) is 64.9 Å². The fraction of sp³-hybridized carbons (Fsp3) is 0.440. The van der Waals surface area contributed by atoms with E-state index < -0.39 is 0 Å². The second-order valence-corrected chi connectivity index (χ2v) is 9.19. The molecule has 3 aromatic rings. The van der Waals surface area contributed by atoms with Crippen molar-refractivity contribution in [3.8, 4) is 0 Å². The largest absolute Gasteiger partial charge is 0.378 e. The van der Waals surface area contributed by atoms with E-state index in [1.165, 1.54) is 5.56 Å². The van der Waals surface area contributed by atoms with E-state index in [9.17, 15) is 4.79 Å². The van der Waals surface area contributed by atoms with Gasteiger partial charge in [-0.2, -0.15) is 0 Å². The number of halogens is 1. The minimum atomic E-state index is 0.125. The Kier molecular flexibility index (Phi) is 6.53. The maximum Gasteiger partial charge on any atom is 0.320 e. The van der Waals surface area contributed by atoms with E-state index >= 15 is 0 Å². The number of fused-ring (bicyclic) bond motifs is 1. The van der Waals surface area contributed by atoms with E-state index in [2.05, 4.69) is 46.7 Å². The van der Waals surface area contributed by atoms with Crippen LogP contribution in [0.4, 0.5) is 4.79 Å². The molecule has 174 valence electrons. The van der Waals surface area contributed by atoms with Crippen LogP contribution in [0.25, 0.3) is 11.0 Å². The summed E-state index contributed by atoms with van der Waals surface area (Å²) >= 11 is 6.27. The Hall–Kier alpha value is -2.61. The first-order valence-corrected chi connectivity index (χ1v) is 12.0. The van der Waals surface area contributed by atoms with Gasteiger partial charge < -0.3 is 19.1 Å². The van der Waals surface area contributed by atoms with Crippen molar-refractivity contribution in [1.82, 2.24) is 24.3 Å². The number of hydrogen-bond donors (Lipinski definition) is 0. The smallest absolute Gasteiger partial charge is 0.320 e. The molecule has 7 nitrogen and oxygen atoms in total. The second kappa shape index (κ2) is 9.71. The SMILES string of the molecule is CC(c1nc2cc(Cl)ccc2n1Cc1ccccc1)N1CCN(C(=O)N2CCOCC2)CC1. The highest BCUT2D eigenvalue weighted by atomic mass is 35.5. The highest BCUT2D eigenvalue weighted by molar-refractivity contribution is 6.31. The molecule has 2 aliphatic heterocycles. The summed E-state index contributed by atoms with van der Waals surface area (Å²) < 4.78 is 7.69. The van der Waals surface area contributed by atoms with Crippen LogP contribution in [0.2, 0.25) is 5.02 Å². The predicted octanol–water partition coefficient (Wildman–Crippen LogP) is 3.87. The molecule has 0 saturated carbocycles. The maximum atomic E-state index is 12.9. The van der Waals surface area contributed by atoms with E-state index in [0.29, 0.717) is 31.3 Å². The van der Waals surface area contributed by atoms with E-state index in [1.807, 2.05) is 28.0 Å². The Morgan fingerprint density at radius 1 is 1.00 bits per heavy atom. The van der Waals surface area contributed by atoms with Gasteiger partial charge in [0.25, 0.3) is 0 Å². The Morgan fingerprint density at radius 3 is 2.42 bits per heavy atom. The van der Waals surface area contributed by atoms with Gasteiger partial charge in [-0.3, -0.25) is 4.90 Å². The Bertz CT molecular complexity index is 1100. The number of nitrogens with zero attached hydrogens (tertiary/aromatic N) is 5. The topological polar surface area (TPSA) is 53.8 Å². The number of piperazine rings is 1. The molecule has 0 N–H and O–H groups in total. The van der Waals surface area contributed by atoms with Crippen LogP contribution in [0.5, 0.6) is 0 Å². The van der Waals surface area contributed by atoms with Crippen LogP contribution in [0.1, 0.15) is 24.4 Å². The van der Waals surface area contributed by atoms with Gasteiger partial charge in [0.15, 0.2) is 0 Å². The van der Waals surface area contributed by atoms with Gasteiger partial charge in [0.05, 0.1) is 30.3 Å². The summed E-state index contributed by atoms with van der Waals surface area (Å²) in [6.45, 7) is 8.70. The van der Waals surface area contributed by atoms with Crippen LogP contribution < -0.4 is 0 Å². The van der Waals surface area contributed by atoms with Crippen molar-refractivity contribution in [2.45, 2.75) is 19.5 Å². The average Bonchev–Trinajstić information content (AvgIpc) is 3.21. The normalized spacial score (nSPS) is 18.6. The number of urea groups is 1. The molecular weight excluding hydrogens is 438 g/mol. The zero-order valence-corrected chi connectivity index (χ0v) is 19.7. The van der Waals surface area contributed by atoms with Crippen LogP contribution in [-0.2, 0) is 11.3 Å². The Morgan fingerprint density at radius 2 is 1.70 bits per heavy atom. The monoisotopic (exact) mass is 467 g/mol. The molecule has 3 heterocycles. The van der Waals surface area contributed by atoms with Gasteiger partial charge in [0.2, 0.25) is 0 Å². The fourth-order valence-electron chi connectivity index (χ4n) is 4.79. The summed E-state index contributed by atoms with van der Waals surface area (Å²) in [5.41, 5.74) is 3.24. The number of imidazole rings is 1. The van der Waals surface area contributed by atoms with Crippen molar-refractivity contribution in [3.63, 3.8) is 0 Å². The molecule has 8 heteroatoms. The maximum absolute atomic E-state index is 12.9. The molecule has 1 aromatic heterocycles. The second-order valence-electron chi connectivity index (χ2n) is 8.76. The van der Waals surface area contributed by atoms with Crippen LogP contribution >= 0.6 is 11.6 Å². The Labute approximate surface area is 199 Å². The van der Waals surface area contributed by atoms with E-state index in [0.717, 1.165) is 49.6 Å². The number of carbonyl (C=O) groups excluding carboxylic acids is 1. The molecule has 0 radical (unpaired) electrons. The van der Waals surface area contributed by atoms with Crippen molar-refractivity contribution in [1.29, 1.82) is 0 Å². The summed E-state index contributed by atoms with van der Waals surface area (Å²) in [5, 5.41) is 0.696. The average molecular weight is 468 g/mol. The molecule has 1 atom stereocenters. The third-order valence-corrected chi connectivity index (χ3v) is 6.95. The van der Waals surface area contributed by atoms with Gasteiger partial charge in [0, 0.05) is 50.8 Å². The van der Waals surface area contributed by atoms with Gasteiger partial charge in [-0.05, 0) is 30.7 Å². The molecule has 2 aliphatic rings. The number of rotatable bonds is 4. The number of morpholine rings is 1. The van der Waals surface area contributed by atoms with Gasteiger partial charge in [-0.25, -0.2) is 9.78 Å². The van der Waals surface area contributed by atoms with E-state index in [4.69, 9.17) is 21.3 Å². The van der Waals surface area contributed by atoms with Gasteiger partial charge in [-0.1, -0.05) is 41.9 Å². The molecule has 33 heavy (non-hydrogen) atoms.